The Morgan fingerprint density at radius 2 is 1.75 bits per heavy atom. The highest BCUT2D eigenvalue weighted by molar-refractivity contribution is 5.96. The fourth-order valence-electron chi connectivity index (χ4n) is 0.858. The summed E-state index contributed by atoms with van der Waals surface area (Å²) in [5.74, 6) is 0.161. The van der Waals surface area contributed by atoms with Crippen LogP contribution in [0, 0.1) is 5.92 Å². The molecular weight excluding hydrogens is 152 g/mol. The van der Waals surface area contributed by atoms with Crippen molar-refractivity contribution in [1.29, 1.82) is 0 Å². The summed E-state index contributed by atoms with van der Waals surface area (Å²) in [6.07, 6.45) is 0.934. The Kier molecular flexibility index (Phi) is 4.49. The van der Waals surface area contributed by atoms with Crippen molar-refractivity contribution in [3.8, 4) is 0 Å². The van der Waals surface area contributed by atoms with Crippen molar-refractivity contribution >= 4 is 11.6 Å². The topological polar surface area (TPSA) is 34.1 Å². The van der Waals surface area contributed by atoms with Crippen molar-refractivity contribution in [1.82, 2.24) is 0 Å². The third-order valence-corrected chi connectivity index (χ3v) is 1.65. The molecule has 0 heterocycles. The Balaban J connectivity index is 3.89. The highest BCUT2D eigenvalue weighted by Crippen LogP contribution is 2.09. The molecule has 0 saturated heterocycles. The van der Waals surface area contributed by atoms with E-state index in [1.807, 2.05) is 13.8 Å². The zero-order valence-electron chi connectivity index (χ0n) is 8.02. The molecule has 0 fully saturated rings. The highest BCUT2D eigenvalue weighted by Gasteiger charge is 2.11. The minimum atomic E-state index is -0.00976. The molecule has 0 aliphatic carbocycles. The van der Waals surface area contributed by atoms with Gasteiger partial charge in [0.05, 0.1) is 0 Å². The first kappa shape index (κ1) is 11.1. The Bertz CT molecular complexity index is 202. The Labute approximate surface area is 73.7 Å². The van der Waals surface area contributed by atoms with Gasteiger partial charge in [0.25, 0.3) is 0 Å². The van der Waals surface area contributed by atoms with Gasteiger partial charge in [-0.3, -0.25) is 4.79 Å². The number of hydrogen-bond donors (Lipinski definition) is 0. The van der Waals surface area contributed by atoms with Crippen LogP contribution in [0.5, 0.6) is 0 Å². The molecule has 0 aliphatic heterocycles. The van der Waals surface area contributed by atoms with E-state index in [1.54, 1.807) is 0 Å². The van der Waals surface area contributed by atoms with E-state index < -0.39 is 0 Å². The van der Waals surface area contributed by atoms with Crippen LogP contribution in [0.25, 0.3) is 0 Å². The van der Waals surface area contributed by atoms with E-state index in [9.17, 15) is 9.59 Å². The quantitative estimate of drug-likeness (QED) is 0.589. The average Bonchev–Trinajstić information content (AvgIpc) is 1.98. The van der Waals surface area contributed by atoms with Gasteiger partial charge in [-0.1, -0.05) is 20.4 Å². The summed E-state index contributed by atoms with van der Waals surface area (Å²) in [5, 5.41) is 0. The minimum Gasteiger partial charge on any atom is -0.300 e. The lowest BCUT2D eigenvalue weighted by Gasteiger charge is -2.05. The second-order valence-corrected chi connectivity index (χ2v) is 3.32. The molecule has 0 rings (SSSR count). The van der Waals surface area contributed by atoms with Gasteiger partial charge in [-0.25, -0.2) is 0 Å². The Morgan fingerprint density at radius 3 is 2.08 bits per heavy atom. The first-order chi connectivity index (χ1) is 5.45. The van der Waals surface area contributed by atoms with Crippen LogP contribution in [0.2, 0.25) is 0 Å². The van der Waals surface area contributed by atoms with Crippen molar-refractivity contribution in [2.45, 2.75) is 33.6 Å². The lowest BCUT2D eigenvalue weighted by atomic mass is 9.98. The molecule has 0 unspecified atom stereocenters. The van der Waals surface area contributed by atoms with E-state index in [1.165, 1.54) is 6.92 Å². The SMILES string of the molecule is C=C(CCC(C)=O)C(=O)C(C)C. The van der Waals surface area contributed by atoms with E-state index in [-0.39, 0.29) is 17.5 Å². The third kappa shape index (κ3) is 4.06. The van der Waals surface area contributed by atoms with E-state index in [0.717, 1.165) is 0 Å². The van der Waals surface area contributed by atoms with Crippen LogP contribution in [-0.4, -0.2) is 11.6 Å². The normalized spacial score (nSPS) is 10.0. The molecule has 0 bridgehead atoms. The smallest absolute Gasteiger partial charge is 0.160 e. The van der Waals surface area contributed by atoms with E-state index in [0.29, 0.717) is 18.4 Å². The number of carbonyl (C=O) groups excluding carboxylic acids is 2. The molecule has 0 aromatic rings. The first-order valence-corrected chi connectivity index (χ1v) is 4.16. The van der Waals surface area contributed by atoms with Gasteiger partial charge in [0, 0.05) is 12.3 Å². The van der Waals surface area contributed by atoms with Gasteiger partial charge >= 0.3 is 0 Å². The van der Waals surface area contributed by atoms with Crippen molar-refractivity contribution < 1.29 is 9.59 Å². The van der Waals surface area contributed by atoms with Crippen molar-refractivity contribution in [2.75, 3.05) is 0 Å². The fraction of sp³-hybridized carbons (Fsp3) is 0.600. The molecule has 0 amide bonds. The van der Waals surface area contributed by atoms with Crippen LogP contribution in [0.1, 0.15) is 33.6 Å². The minimum absolute atomic E-state index is 0.00976. The standard InChI is InChI=1S/C10H16O2/c1-7(2)10(12)8(3)5-6-9(4)11/h7H,3,5-6H2,1-2,4H3. The van der Waals surface area contributed by atoms with Crippen LogP contribution >= 0.6 is 0 Å². The molecule has 0 spiro atoms. The summed E-state index contributed by atoms with van der Waals surface area (Å²) in [4.78, 5) is 21.8. The molecule has 68 valence electrons. The summed E-state index contributed by atoms with van der Waals surface area (Å²) in [6, 6.07) is 0. The lowest BCUT2D eigenvalue weighted by Crippen LogP contribution is -2.10. The van der Waals surface area contributed by atoms with Crippen molar-refractivity contribution in [2.24, 2.45) is 5.92 Å². The first-order valence-electron chi connectivity index (χ1n) is 4.16. The molecular formula is C10H16O2. The van der Waals surface area contributed by atoms with Crippen molar-refractivity contribution in [3.05, 3.63) is 12.2 Å². The second kappa shape index (κ2) is 4.86. The molecule has 12 heavy (non-hydrogen) atoms. The molecule has 0 aromatic heterocycles. The number of ketones is 2. The summed E-state index contributed by atoms with van der Waals surface area (Å²) in [7, 11) is 0. The fourth-order valence-corrected chi connectivity index (χ4v) is 0.858. The van der Waals surface area contributed by atoms with E-state index >= 15 is 0 Å². The van der Waals surface area contributed by atoms with Gasteiger partial charge < -0.3 is 4.79 Å². The van der Waals surface area contributed by atoms with E-state index in [2.05, 4.69) is 6.58 Å². The number of rotatable bonds is 5. The van der Waals surface area contributed by atoms with Gasteiger partial charge in [0.15, 0.2) is 5.78 Å². The Morgan fingerprint density at radius 1 is 1.25 bits per heavy atom. The maximum Gasteiger partial charge on any atom is 0.160 e. The summed E-state index contributed by atoms with van der Waals surface area (Å²) in [5.41, 5.74) is 0.570. The summed E-state index contributed by atoms with van der Waals surface area (Å²) >= 11 is 0. The van der Waals surface area contributed by atoms with Gasteiger partial charge in [-0.15, -0.1) is 0 Å². The molecule has 0 saturated carbocycles. The maximum absolute atomic E-state index is 11.2. The molecule has 0 aromatic carbocycles. The van der Waals surface area contributed by atoms with Crippen LogP contribution in [0.3, 0.4) is 0 Å². The number of carbonyl (C=O) groups is 2. The number of hydrogen-bond acceptors (Lipinski definition) is 2. The van der Waals surface area contributed by atoms with Gasteiger partial charge in [0.2, 0.25) is 0 Å². The maximum atomic E-state index is 11.2. The molecule has 0 aliphatic rings. The van der Waals surface area contributed by atoms with Crippen LogP contribution in [0.15, 0.2) is 12.2 Å². The number of Topliss-reactive ketones (excluding diaryl/α,β-unsaturated/α-hetero) is 2. The predicted molar refractivity (Wildman–Crippen MR) is 48.9 cm³/mol. The molecule has 0 radical (unpaired) electrons. The lowest BCUT2D eigenvalue weighted by molar-refractivity contribution is -0.118. The zero-order valence-corrected chi connectivity index (χ0v) is 8.02. The predicted octanol–water partition coefficient (Wildman–Crippen LogP) is 2.14. The Hall–Kier alpha value is -0.920. The molecule has 2 nitrogen and oxygen atoms in total. The van der Waals surface area contributed by atoms with Gasteiger partial charge in [-0.05, 0) is 18.9 Å². The second-order valence-electron chi connectivity index (χ2n) is 3.32. The average molecular weight is 168 g/mol. The number of allylic oxidation sites excluding steroid dienone is 1. The van der Waals surface area contributed by atoms with Crippen LogP contribution in [0.4, 0.5) is 0 Å². The van der Waals surface area contributed by atoms with Crippen LogP contribution < -0.4 is 0 Å². The highest BCUT2D eigenvalue weighted by atomic mass is 16.1. The van der Waals surface area contributed by atoms with Gasteiger partial charge in [-0.2, -0.15) is 0 Å². The van der Waals surface area contributed by atoms with Crippen LogP contribution in [-0.2, 0) is 9.59 Å². The zero-order chi connectivity index (χ0) is 9.72. The third-order valence-electron chi connectivity index (χ3n) is 1.65. The largest absolute Gasteiger partial charge is 0.300 e. The van der Waals surface area contributed by atoms with Gasteiger partial charge in [0.1, 0.15) is 5.78 Å². The monoisotopic (exact) mass is 168 g/mol. The molecule has 2 heteroatoms. The molecule has 0 atom stereocenters. The summed E-state index contributed by atoms with van der Waals surface area (Å²) in [6.45, 7) is 8.84. The van der Waals surface area contributed by atoms with E-state index in [4.69, 9.17) is 0 Å². The summed E-state index contributed by atoms with van der Waals surface area (Å²) < 4.78 is 0. The molecule has 0 N–H and O–H groups in total. The van der Waals surface area contributed by atoms with Crippen molar-refractivity contribution in [3.63, 3.8) is 0 Å².